The van der Waals surface area contributed by atoms with Crippen LogP contribution in [0.15, 0.2) is 47.7 Å². The van der Waals surface area contributed by atoms with E-state index in [4.69, 9.17) is 5.73 Å². The van der Waals surface area contributed by atoms with Crippen LogP contribution in [0, 0.1) is 0 Å². The van der Waals surface area contributed by atoms with Crippen molar-refractivity contribution in [1.29, 1.82) is 0 Å². The van der Waals surface area contributed by atoms with Crippen LogP contribution in [0.2, 0.25) is 0 Å². The summed E-state index contributed by atoms with van der Waals surface area (Å²) >= 11 is 0. The summed E-state index contributed by atoms with van der Waals surface area (Å²) in [4.78, 5) is 23.3. The molecule has 1 aliphatic heterocycles. The van der Waals surface area contributed by atoms with Crippen LogP contribution in [-0.4, -0.2) is 38.1 Å². The zero-order valence-corrected chi connectivity index (χ0v) is 12.8. The van der Waals surface area contributed by atoms with E-state index < -0.39 is 0 Å². The van der Waals surface area contributed by atoms with Gasteiger partial charge < -0.3 is 15.2 Å². The van der Waals surface area contributed by atoms with Crippen molar-refractivity contribution >= 4 is 11.5 Å². The summed E-state index contributed by atoms with van der Waals surface area (Å²) in [6.07, 6.45) is 5.43. The maximum Gasteiger partial charge on any atom is 0.259 e. The zero-order valence-electron chi connectivity index (χ0n) is 12.8. The molecule has 7 nitrogen and oxygen atoms in total. The third kappa shape index (κ3) is 2.29. The Morgan fingerprint density at radius 1 is 1.26 bits per heavy atom. The molecule has 0 bridgehead atoms. The van der Waals surface area contributed by atoms with Gasteiger partial charge in [0.25, 0.3) is 5.56 Å². The molecule has 2 atom stereocenters. The fourth-order valence-electron chi connectivity index (χ4n) is 3.23. The van der Waals surface area contributed by atoms with Crippen molar-refractivity contribution in [3.8, 4) is 0 Å². The van der Waals surface area contributed by atoms with E-state index in [1.165, 1.54) is 4.40 Å². The molecule has 0 spiro atoms. The molecule has 3 aromatic rings. The highest BCUT2D eigenvalue weighted by atomic mass is 16.1. The van der Waals surface area contributed by atoms with E-state index in [0.717, 1.165) is 5.82 Å². The Morgan fingerprint density at radius 2 is 2.13 bits per heavy atom. The molecule has 0 aliphatic carbocycles. The third-order valence-corrected chi connectivity index (χ3v) is 4.44. The van der Waals surface area contributed by atoms with E-state index in [1.54, 1.807) is 18.5 Å². The highest BCUT2D eigenvalue weighted by molar-refractivity contribution is 5.49. The summed E-state index contributed by atoms with van der Waals surface area (Å²) in [5, 5.41) is 0. The van der Waals surface area contributed by atoms with E-state index in [9.17, 15) is 4.79 Å². The standard InChI is InChI=1S/C16H18N6O/c1-20-7-5-18-16(20)11-9-21(10-12(11)17)14-8-15(23)22-6-3-2-4-13(22)19-14/h2-8,11-12H,9-10,17H2,1H3/t11-,12-/m1/s1. The molecule has 3 aromatic heterocycles. The minimum atomic E-state index is -0.0837. The van der Waals surface area contributed by atoms with E-state index in [0.29, 0.717) is 24.6 Å². The van der Waals surface area contributed by atoms with Crippen molar-refractivity contribution in [2.75, 3.05) is 18.0 Å². The highest BCUT2D eigenvalue weighted by Gasteiger charge is 2.34. The summed E-state index contributed by atoms with van der Waals surface area (Å²) in [6.45, 7) is 1.37. The number of aryl methyl sites for hydroxylation is 1. The smallest absolute Gasteiger partial charge is 0.259 e. The van der Waals surface area contributed by atoms with Crippen molar-refractivity contribution in [3.63, 3.8) is 0 Å². The van der Waals surface area contributed by atoms with Crippen molar-refractivity contribution in [3.05, 3.63) is 59.0 Å². The normalized spacial score (nSPS) is 21.2. The van der Waals surface area contributed by atoms with Gasteiger partial charge in [0, 0.05) is 50.8 Å². The molecule has 7 heteroatoms. The van der Waals surface area contributed by atoms with Gasteiger partial charge in [-0.05, 0) is 12.1 Å². The Hall–Kier alpha value is -2.67. The van der Waals surface area contributed by atoms with Gasteiger partial charge in [-0.15, -0.1) is 0 Å². The number of aromatic nitrogens is 4. The lowest BCUT2D eigenvalue weighted by molar-refractivity contribution is 0.593. The molecule has 1 saturated heterocycles. The monoisotopic (exact) mass is 310 g/mol. The number of hydrogen-bond acceptors (Lipinski definition) is 5. The third-order valence-electron chi connectivity index (χ3n) is 4.44. The van der Waals surface area contributed by atoms with Crippen LogP contribution >= 0.6 is 0 Å². The Kier molecular flexibility index (Phi) is 3.16. The van der Waals surface area contributed by atoms with E-state index >= 15 is 0 Å². The van der Waals surface area contributed by atoms with E-state index in [-0.39, 0.29) is 17.5 Å². The molecule has 0 aromatic carbocycles. The van der Waals surface area contributed by atoms with Gasteiger partial charge in [0.2, 0.25) is 0 Å². The molecule has 4 rings (SSSR count). The summed E-state index contributed by atoms with van der Waals surface area (Å²) < 4.78 is 3.53. The fourth-order valence-corrected chi connectivity index (χ4v) is 3.23. The Labute approximate surface area is 133 Å². The summed E-state index contributed by atoms with van der Waals surface area (Å²) in [7, 11) is 1.97. The van der Waals surface area contributed by atoms with E-state index in [1.807, 2.05) is 36.0 Å². The minimum Gasteiger partial charge on any atom is -0.354 e. The van der Waals surface area contributed by atoms with Crippen molar-refractivity contribution in [2.24, 2.45) is 12.8 Å². The Morgan fingerprint density at radius 3 is 2.91 bits per heavy atom. The fraction of sp³-hybridized carbons (Fsp3) is 0.312. The highest BCUT2D eigenvalue weighted by Crippen LogP contribution is 2.27. The first kappa shape index (κ1) is 14.0. The predicted octanol–water partition coefficient (Wildman–Crippen LogP) is 0.359. The van der Waals surface area contributed by atoms with Gasteiger partial charge in [0.1, 0.15) is 17.3 Å². The molecule has 118 valence electrons. The molecule has 23 heavy (non-hydrogen) atoms. The number of pyridine rings is 1. The second kappa shape index (κ2) is 5.20. The first-order chi connectivity index (χ1) is 11.1. The van der Waals surface area contributed by atoms with Crippen molar-refractivity contribution in [1.82, 2.24) is 18.9 Å². The molecule has 0 radical (unpaired) electrons. The number of nitrogens with two attached hydrogens (primary N) is 1. The SMILES string of the molecule is Cn1ccnc1[C@@H]1CN(c2cc(=O)n3ccccc3n2)C[C@H]1N. The number of nitrogens with zero attached hydrogens (tertiary/aromatic N) is 5. The van der Waals surface area contributed by atoms with Gasteiger partial charge in [-0.2, -0.15) is 0 Å². The molecular weight excluding hydrogens is 292 g/mol. The lowest BCUT2D eigenvalue weighted by atomic mass is 10.0. The first-order valence-electron chi connectivity index (χ1n) is 7.59. The van der Waals surface area contributed by atoms with Crippen molar-refractivity contribution in [2.45, 2.75) is 12.0 Å². The topological polar surface area (TPSA) is 81.5 Å². The number of anilines is 1. The molecule has 2 N–H and O–H groups in total. The van der Waals surface area contributed by atoms with Gasteiger partial charge >= 0.3 is 0 Å². The molecule has 0 amide bonds. The van der Waals surface area contributed by atoms with Crippen LogP contribution in [0.3, 0.4) is 0 Å². The molecule has 1 aliphatic rings. The van der Waals surface area contributed by atoms with Gasteiger partial charge in [0.15, 0.2) is 0 Å². The van der Waals surface area contributed by atoms with Crippen LogP contribution in [0.1, 0.15) is 11.7 Å². The molecule has 4 heterocycles. The Balaban J connectivity index is 1.70. The van der Waals surface area contributed by atoms with Crippen LogP contribution in [-0.2, 0) is 7.05 Å². The van der Waals surface area contributed by atoms with E-state index in [2.05, 4.69) is 14.9 Å². The number of rotatable bonds is 2. The van der Waals surface area contributed by atoms with Gasteiger partial charge in [0.05, 0.1) is 5.92 Å². The largest absolute Gasteiger partial charge is 0.354 e. The summed E-state index contributed by atoms with van der Waals surface area (Å²) in [5.74, 6) is 1.77. The molecule has 0 unspecified atom stereocenters. The number of fused-ring (bicyclic) bond motifs is 1. The van der Waals surface area contributed by atoms with Crippen LogP contribution < -0.4 is 16.2 Å². The average Bonchev–Trinajstić information content (AvgIpc) is 3.13. The average molecular weight is 310 g/mol. The first-order valence-corrected chi connectivity index (χ1v) is 7.59. The second-order valence-corrected chi connectivity index (χ2v) is 5.95. The van der Waals surface area contributed by atoms with Crippen molar-refractivity contribution < 1.29 is 0 Å². The van der Waals surface area contributed by atoms with Gasteiger partial charge in [-0.25, -0.2) is 9.97 Å². The van der Waals surface area contributed by atoms with Crippen LogP contribution in [0.4, 0.5) is 5.82 Å². The second-order valence-electron chi connectivity index (χ2n) is 5.95. The van der Waals surface area contributed by atoms with Crippen LogP contribution in [0.5, 0.6) is 0 Å². The molecule has 1 fully saturated rings. The summed E-state index contributed by atoms with van der Waals surface area (Å²) in [5.41, 5.74) is 6.87. The predicted molar refractivity (Wildman–Crippen MR) is 87.6 cm³/mol. The molecular formula is C16H18N6O. The lowest BCUT2D eigenvalue weighted by Crippen LogP contribution is -2.30. The lowest BCUT2D eigenvalue weighted by Gasteiger charge is -2.17. The minimum absolute atomic E-state index is 0.0351. The zero-order chi connectivity index (χ0) is 16.0. The number of imidazole rings is 1. The Bertz CT molecular complexity index is 914. The summed E-state index contributed by atoms with van der Waals surface area (Å²) in [6, 6.07) is 7.06. The molecule has 0 saturated carbocycles. The quantitative estimate of drug-likeness (QED) is 0.739. The maximum absolute atomic E-state index is 12.3. The number of hydrogen-bond donors (Lipinski definition) is 1. The van der Waals surface area contributed by atoms with Crippen LogP contribution in [0.25, 0.3) is 5.65 Å². The van der Waals surface area contributed by atoms with Gasteiger partial charge in [-0.1, -0.05) is 6.07 Å². The maximum atomic E-state index is 12.3. The van der Waals surface area contributed by atoms with Gasteiger partial charge in [-0.3, -0.25) is 9.20 Å².